The average molecular weight is 209 g/mol. The number of aryl methyl sites for hydroxylation is 1. The quantitative estimate of drug-likeness (QED) is 0.769. The summed E-state index contributed by atoms with van der Waals surface area (Å²) in [4.78, 5) is 14.5. The van der Waals surface area contributed by atoms with Crippen molar-refractivity contribution >= 4 is 11.3 Å². The van der Waals surface area contributed by atoms with Gasteiger partial charge in [0.1, 0.15) is 5.82 Å². The van der Waals surface area contributed by atoms with Gasteiger partial charge in [-0.05, 0) is 24.6 Å². The van der Waals surface area contributed by atoms with Gasteiger partial charge in [0.2, 0.25) is 0 Å². The zero-order valence-electron chi connectivity index (χ0n) is 7.50. The number of rotatable bonds is 1. The molecule has 72 valence electrons. The molecule has 1 aromatic carbocycles. The molecule has 4 heteroatoms. The second-order valence-electron chi connectivity index (χ2n) is 2.98. The van der Waals surface area contributed by atoms with Crippen LogP contribution in [0, 0.1) is 12.7 Å². The van der Waals surface area contributed by atoms with Crippen LogP contribution in [0.1, 0.15) is 5.69 Å². The number of thiazole rings is 1. The van der Waals surface area contributed by atoms with Crippen molar-refractivity contribution in [2.75, 3.05) is 0 Å². The largest absolute Gasteiger partial charge is 0.316 e. The van der Waals surface area contributed by atoms with Crippen LogP contribution < -0.4 is 4.87 Å². The Kier molecular flexibility index (Phi) is 2.21. The summed E-state index contributed by atoms with van der Waals surface area (Å²) < 4.78 is 12.6. The Morgan fingerprint density at radius 2 is 1.93 bits per heavy atom. The molecule has 0 fully saturated rings. The minimum Gasteiger partial charge on any atom is -0.316 e. The molecule has 0 saturated carbocycles. The summed E-state index contributed by atoms with van der Waals surface area (Å²) in [6, 6.07) is 6.11. The van der Waals surface area contributed by atoms with Crippen molar-refractivity contribution in [2.24, 2.45) is 0 Å². The lowest BCUT2D eigenvalue weighted by molar-refractivity contribution is 0.628. The molecule has 2 rings (SSSR count). The molecule has 0 aliphatic rings. The fourth-order valence-electron chi connectivity index (χ4n) is 1.28. The Labute approximate surface area is 84.0 Å². The maximum Gasteiger partial charge on any atom is 0.305 e. The van der Waals surface area contributed by atoms with Crippen LogP contribution in [0.3, 0.4) is 0 Å². The van der Waals surface area contributed by atoms with Crippen molar-refractivity contribution in [3.05, 3.63) is 45.4 Å². The SMILES string of the molecule is Cc1[nH]c(=O)sc1-c1ccc(F)cc1. The summed E-state index contributed by atoms with van der Waals surface area (Å²) in [5.74, 6) is -0.269. The highest BCUT2D eigenvalue weighted by Crippen LogP contribution is 2.24. The highest BCUT2D eigenvalue weighted by molar-refractivity contribution is 7.13. The Balaban J connectivity index is 2.54. The van der Waals surface area contributed by atoms with Gasteiger partial charge >= 0.3 is 4.87 Å². The molecule has 0 unspecified atom stereocenters. The van der Waals surface area contributed by atoms with E-state index in [0.717, 1.165) is 27.5 Å². The lowest BCUT2D eigenvalue weighted by atomic mass is 10.1. The minimum atomic E-state index is -0.269. The molecule has 2 nitrogen and oxygen atoms in total. The zero-order valence-corrected chi connectivity index (χ0v) is 8.32. The smallest absolute Gasteiger partial charge is 0.305 e. The highest BCUT2D eigenvalue weighted by atomic mass is 32.1. The molecule has 0 bridgehead atoms. The van der Waals surface area contributed by atoms with Gasteiger partial charge in [-0.2, -0.15) is 0 Å². The first-order valence-corrected chi connectivity index (χ1v) is 4.94. The molecule has 2 aromatic rings. The maximum atomic E-state index is 12.6. The molecular weight excluding hydrogens is 201 g/mol. The van der Waals surface area contributed by atoms with Crippen LogP contribution in [0.2, 0.25) is 0 Å². The standard InChI is InChI=1S/C10H8FNOS/c1-6-9(14-10(13)12-6)7-2-4-8(11)5-3-7/h2-5H,1H3,(H,12,13). The summed E-state index contributed by atoms with van der Waals surface area (Å²) in [6.45, 7) is 1.83. The van der Waals surface area contributed by atoms with Gasteiger partial charge in [0.25, 0.3) is 0 Å². The van der Waals surface area contributed by atoms with Gasteiger partial charge in [-0.25, -0.2) is 4.39 Å². The first kappa shape index (κ1) is 9.15. The molecule has 14 heavy (non-hydrogen) atoms. The summed E-state index contributed by atoms with van der Waals surface area (Å²) in [6.07, 6.45) is 0. The maximum absolute atomic E-state index is 12.6. The zero-order chi connectivity index (χ0) is 10.1. The van der Waals surface area contributed by atoms with E-state index in [1.54, 1.807) is 12.1 Å². The predicted octanol–water partition coefficient (Wildman–Crippen LogP) is 2.55. The summed E-state index contributed by atoms with van der Waals surface area (Å²) in [5.41, 5.74) is 1.69. The van der Waals surface area contributed by atoms with E-state index in [4.69, 9.17) is 0 Å². The van der Waals surface area contributed by atoms with E-state index >= 15 is 0 Å². The van der Waals surface area contributed by atoms with Gasteiger partial charge in [-0.1, -0.05) is 23.5 Å². The Morgan fingerprint density at radius 1 is 1.29 bits per heavy atom. The Hall–Kier alpha value is -1.42. The number of hydrogen-bond donors (Lipinski definition) is 1. The van der Waals surface area contributed by atoms with E-state index in [1.807, 2.05) is 6.92 Å². The van der Waals surface area contributed by atoms with Crippen LogP contribution in [-0.4, -0.2) is 4.98 Å². The van der Waals surface area contributed by atoms with Gasteiger partial charge in [0, 0.05) is 5.69 Å². The number of aromatic nitrogens is 1. The Morgan fingerprint density at radius 3 is 2.43 bits per heavy atom. The number of aromatic amines is 1. The lowest BCUT2D eigenvalue weighted by Gasteiger charge is -1.97. The molecular formula is C10H8FNOS. The fourth-order valence-corrected chi connectivity index (χ4v) is 2.13. The van der Waals surface area contributed by atoms with Crippen molar-refractivity contribution in [3.8, 4) is 10.4 Å². The van der Waals surface area contributed by atoms with Crippen LogP contribution in [0.15, 0.2) is 29.1 Å². The molecule has 1 N–H and O–H groups in total. The second kappa shape index (κ2) is 3.38. The number of hydrogen-bond acceptors (Lipinski definition) is 2. The number of nitrogens with one attached hydrogen (secondary N) is 1. The highest BCUT2D eigenvalue weighted by Gasteiger charge is 2.05. The lowest BCUT2D eigenvalue weighted by Crippen LogP contribution is -1.91. The molecule has 0 atom stereocenters. The molecule has 0 spiro atoms. The second-order valence-corrected chi connectivity index (χ2v) is 3.96. The first-order valence-electron chi connectivity index (χ1n) is 4.12. The number of H-pyrrole nitrogens is 1. The van der Waals surface area contributed by atoms with Gasteiger partial charge < -0.3 is 4.98 Å². The normalized spacial score (nSPS) is 10.4. The van der Waals surface area contributed by atoms with E-state index < -0.39 is 0 Å². The third-order valence-corrected chi connectivity index (χ3v) is 2.96. The number of halogens is 1. The van der Waals surface area contributed by atoms with Crippen LogP contribution in [0.25, 0.3) is 10.4 Å². The van der Waals surface area contributed by atoms with E-state index in [-0.39, 0.29) is 10.7 Å². The molecule has 1 aromatic heterocycles. The fraction of sp³-hybridized carbons (Fsp3) is 0.100. The molecule has 0 aliphatic heterocycles. The van der Waals surface area contributed by atoms with Crippen LogP contribution in [-0.2, 0) is 0 Å². The molecule has 0 radical (unpaired) electrons. The van der Waals surface area contributed by atoms with Gasteiger partial charge in [0.05, 0.1) is 4.88 Å². The van der Waals surface area contributed by atoms with E-state index in [1.165, 1.54) is 12.1 Å². The van der Waals surface area contributed by atoms with E-state index in [2.05, 4.69) is 4.98 Å². The Bertz CT molecular complexity index is 498. The van der Waals surface area contributed by atoms with Crippen molar-refractivity contribution in [3.63, 3.8) is 0 Å². The average Bonchev–Trinajstić information content (AvgIpc) is 2.47. The van der Waals surface area contributed by atoms with E-state index in [0.29, 0.717) is 0 Å². The van der Waals surface area contributed by atoms with Crippen LogP contribution in [0.4, 0.5) is 4.39 Å². The number of benzene rings is 1. The van der Waals surface area contributed by atoms with Gasteiger partial charge in [0.15, 0.2) is 0 Å². The van der Waals surface area contributed by atoms with Crippen molar-refractivity contribution in [2.45, 2.75) is 6.92 Å². The van der Waals surface area contributed by atoms with Crippen molar-refractivity contribution in [1.82, 2.24) is 4.98 Å². The summed E-state index contributed by atoms with van der Waals surface area (Å²) in [5, 5.41) is 0. The van der Waals surface area contributed by atoms with Crippen molar-refractivity contribution in [1.29, 1.82) is 0 Å². The first-order chi connectivity index (χ1) is 6.66. The minimum absolute atomic E-state index is 0.0816. The predicted molar refractivity (Wildman–Crippen MR) is 55.1 cm³/mol. The van der Waals surface area contributed by atoms with Gasteiger partial charge in [-0.15, -0.1) is 0 Å². The monoisotopic (exact) mass is 209 g/mol. The molecule has 0 amide bonds. The third kappa shape index (κ3) is 1.61. The molecule has 0 saturated heterocycles. The molecule has 1 heterocycles. The molecule has 0 aliphatic carbocycles. The third-order valence-electron chi connectivity index (χ3n) is 1.93. The van der Waals surface area contributed by atoms with Crippen LogP contribution in [0.5, 0.6) is 0 Å². The van der Waals surface area contributed by atoms with Crippen LogP contribution >= 0.6 is 11.3 Å². The topological polar surface area (TPSA) is 32.9 Å². The summed E-state index contributed by atoms with van der Waals surface area (Å²) >= 11 is 1.14. The van der Waals surface area contributed by atoms with Gasteiger partial charge in [-0.3, -0.25) is 4.79 Å². The van der Waals surface area contributed by atoms with Crippen molar-refractivity contribution < 1.29 is 4.39 Å². The van der Waals surface area contributed by atoms with E-state index in [9.17, 15) is 9.18 Å². The summed E-state index contributed by atoms with van der Waals surface area (Å²) in [7, 11) is 0.